The number of ketones is 2. The highest BCUT2D eigenvalue weighted by Crippen LogP contribution is 2.67. The summed E-state index contributed by atoms with van der Waals surface area (Å²) in [4.78, 5) is 49.9. The minimum atomic E-state index is -1.71. The van der Waals surface area contributed by atoms with E-state index < -0.39 is 40.9 Å². The summed E-state index contributed by atoms with van der Waals surface area (Å²) in [7, 11) is 0. The van der Waals surface area contributed by atoms with Gasteiger partial charge in [-0.15, -0.1) is 0 Å². The molecule has 3 fully saturated rings. The topological polar surface area (TPSA) is 130 Å². The van der Waals surface area contributed by atoms with Crippen LogP contribution in [0.3, 0.4) is 0 Å². The van der Waals surface area contributed by atoms with Gasteiger partial charge >= 0.3 is 5.97 Å². The molecule has 220 valence electrons. The van der Waals surface area contributed by atoms with Crippen LogP contribution in [0, 0.1) is 28.6 Å². The van der Waals surface area contributed by atoms with Crippen molar-refractivity contribution in [1.82, 2.24) is 5.32 Å². The summed E-state index contributed by atoms with van der Waals surface area (Å²) >= 11 is 0. The maximum absolute atomic E-state index is 13.4. The summed E-state index contributed by atoms with van der Waals surface area (Å²) in [6.07, 6.45) is 7.63. The van der Waals surface area contributed by atoms with E-state index in [9.17, 15) is 29.4 Å². The average molecular weight is 564 g/mol. The molecule has 0 aliphatic heterocycles. The van der Waals surface area contributed by atoms with Crippen molar-refractivity contribution in [3.8, 4) is 0 Å². The van der Waals surface area contributed by atoms with Crippen LogP contribution in [0.1, 0.15) is 64.4 Å². The summed E-state index contributed by atoms with van der Waals surface area (Å²) in [6.45, 7) is 3.87. The van der Waals surface area contributed by atoms with Gasteiger partial charge in [-0.05, 0) is 68.1 Å². The molecule has 0 aromatic heterocycles. The summed E-state index contributed by atoms with van der Waals surface area (Å²) in [5.41, 5.74) is -0.842. The van der Waals surface area contributed by atoms with Gasteiger partial charge in [-0.2, -0.15) is 0 Å². The van der Waals surface area contributed by atoms with E-state index in [0.29, 0.717) is 19.4 Å². The quantitative estimate of drug-likeness (QED) is 0.393. The number of fused-ring (bicyclic) bond motifs is 5. The van der Waals surface area contributed by atoms with Gasteiger partial charge in [-0.1, -0.05) is 55.8 Å². The highest BCUT2D eigenvalue weighted by molar-refractivity contribution is 6.01. The Morgan fingerprint density at radius 1 is 1.10 bits per heavy atom. The van der Waals surface area contributed by atoms with E-state index in [1.807, 2.05) is 43.3 Å². The molecule has 1 aromatic rings. The second kappa shape index (κ2) is 11.3. The third-order valence-electron chi connectivity index (χ3n) is 10.6. The number of benzene rings is 1. The fraction of sp³-hybridized carbons (Fsp3) is 0.576. The average Bonchev–Trinajstić information content (AvgIpc) is 3.22. The molecule has 0 saturated heterocycles. The van der Waals surface area contributed by atoms with Crippen molar-refractivity contribution in [3.63, 3.8) is 0 Å². The summed E-state index contributed by atoms with van der Waals surface area (Å²) in [6, 6.07) is 9.76. The number of carbonyl (C=O) groups is 4. The number of ether oxygens (including phenoxy) is 1. The number of aliphatic hydroxyl groups excluding tert-OH is 1. The third kappa shape index (κ3) is 5.32. The van der Waals surface area contributed by atoms with Crippen LogP contribution in [-0.2, 0) is 30.3 Å². The number of amides is 1. The Bertz CT molecular complexity index is 1270. The first-order chi connectivity index (χ1) is 19.5. The van der Waals surface area contributed by atoms with Crippen LogP contribution >= 0.6 is 0 Å². The van der Waals surface area contributed by atoms with Crippen LogP contribution in [0.15, 0.2) is 54.1 Å². The van der Waals surface area contributed by atoms with E-state index in [0.717, 1.165) is 24.0 Å². The maximum atomic E-state index is 13.4. The molecule has 1 aromatic carbocycles. The lowest BCUT2D eigenvalue weighted by Crippen LogP contribution is -2.61. The Hall–Kier alpha value is -3.10. The van der Waals surface area contributed by atoms with Crippen LogP contribution in [0.4, 0.5) is 0 Å². The number of esters is 1. The van der Waals surface area contributed by atoms with Gasteiger partial charge in [0.05, 0.1) is 12.5 Å². The summed E-state index contributed by atoms with van der Waals surface area (Å²) in [5.74, 6) is -1.50. The number of nitrogens with one attached hydrogen (secondary N) is 1. The molecule has 7 atom stereocenters. The predicted molar refractivity (Wildman–Crippen MR) is 151 cm³/mol. The highest BCUT2D eigenvalue weighted by atomic mass is 16.5. The Labute approximate surface area is 241 Å². The molecule has 1 amide bonds. The SMILES string of the molecule is C[C@]12C=CC(=O)C=C1CC[C@H]1[C@@H]2[C@@H](O)C[C@@]2(C)[C@H]1CC[C@]2(O)C(=O)COC(=O)CCC(=O)NCCc1ccccc1. The van der Waals surface area contributed by atoms with Gasteiger partial charge in [0, 0.05) is 29.7 Å². The molecule has 0 heterocycles. The minimum Gasteiger partial charge on any atom is -0.458 e. The lowest BCUT2D eigenvalue weighted by atomic mass is 9.46. The van der Waals surface area contributed by atoms with Crippen LogP contribution in [-0.4, -0.2) is 58.5 Å². The number of aliphatic hydroxyl groups is 2. The highest BCUT2D eigenvalue weighted by Gasteiger charge is 2.68. The van der Waals surface area contributed by atoms with E-state index in [1.54, 1.807) is 12.2 Å². The van der Waals surface area contributed by atoms with Crippen molar-refractivity contribution < 1.29 is 34.1 Å². The van der Waals surface area contributed by atoms with E-state index >= 15 is 0 Å². The van der Waals surface area contributed by atoms with Gasteiger partial charge in [0.1, 0.15) is 5.60 Å². The number of hydrogen-bond donors (Lipinski definition) is 3. The zero-order chi connectivity index (χ0) is 29.4. The molecule has 8 nitrogen and oxygen atoms in total. The smallest absolute Gasteiger partial charge is 0.306 e. The zero-order valence-electron chi connectivity index (χ0n) is 23.9. The molecule has 3 saturated carbocycles. The number of allylic oxidation sites excluding steroid dienone is 4. The van der Waals surface area contributed by atoms with Gasteiger partial charge in [0.25, 0.3) is 0 Å². The number of hydrogen-bond acceptors (Lipinski definition) is 7. The third-order valence-corrected chi connectivity index (χ3v) is 10.6. The molecule has 3 N–H and O–H groups in total. The van der Waals surface area contributed by atoms with Crippen molar-refractivity contribution in [2.24, 2.45) is 28.6 Å². The van der Waals surface area contributed by atoms with E-state index in [-0.39, 0.29) is 55.1 Å². The largest absolute Gasteiger partial charge is 0.458 e. The number of Topliss-reactive ketones (excluding diaryl/α,β-unsaturated/α-hetero) is 1. The predicted octanol–water partition coefficient (Wildman–Crippen LogP) is 3.25. The Balaban J connectivity index is 1.15. The summed E-state index contributed by atoms with van der Waals surface area (Å²) < 4.78 is 5.22. The second-order valence-corrected chi connectivity index (χ2v) is 12.8. The molecule has 0 unspecified atom stereocenters. The second-order valence-electron chi connectivity index (χ2n) is 12.8. The summed E-state index contributed by atoms with van der Waals surface area (Å²) in [5, 5.41) is 26.1. The first-order valence-corrected chi connectivity index (χ1v) is 14.8. The van der Waals surface area contributed by atoms with Gasteiger partial charge < -0.3 is 20.3 Å². The Morgan fingerprint density at radius 2 is 1.85 bits per heavy atom. The molecule has 0 spiro atoms. The van der Waals surface area contributed by atoms with Crippen molar-refractivity contribution in [1.29, 1.82) is 0 Å². The lowest BCUT2D eigenvalue weighted by molar-refractivity contribution is -0.181. The van der Waals surface area contributed by atoms with Crippen LogP contribution in [0.2, 0.25) is 0 Å². The molecular formula is C33H41NO7. The molecule has 4 aliphatic rings. The van der Waals surface area contributed by atoms with E-state index in [4.69, 9.17) is 4.74 Å². The van der Waals surface area contributed by atoms with E-state index in [2.05, 4.69) is 12.2 Å². The van der Waals surface area contributed by atoms with Gasteiger partial charge in [0.15, 0.2) is 12.4 Å². The standard InChI is InChI=1S/C33H41NO7/c1-31-15-12-23(35)18-22(31)8-9-24-25-13-16-33(40,32(25,2)19-26(36)30(24)31)27(37)20-41-29(39)11-10-28(38)34-17-14-21-6-4-3-5-7-21/h3-7,12,15,18,24-26,30,36,40H,8-11,13-14,16-17,19-20H2,1-2H3,(H,34,38)/t24-,25+,26+,30-,31+,32+,33+/m1/s1. The van der Waals surface area contributed by atoms with E-state index in [1.165, 1.54) is 0 Å². The zero-order valence-corrected chi connectivity index (χ0v) is 23.9. The van der Waals surface area contributed by atoms with Crippen molar-refractivity contribution >= 4 is 23.4 Å². The Kier molecular flexibility index (Phi) is 8.09. The molecule has 0 bridgehead atoms. The fourth-order valence-electron chi connectivity index (χ4n) is 8.42. The molecule has 0 radical (unpaired) electrons. The van der Waals surface area contributed by atoms with Gasteiger partial charge in [-0.3, -0.25) is 19.2 Å². The van der Waals surface area contributed by atoms with Crippen molar-refractivity contribution in [2.45, 2.75) is 76.9 Å². The number of rotatable bonds is 9. The van der Waals surface area contributed by atoms with Crippen LogP contribution in [0.25, 0.3) is 0 Å². The first kappa shape index (κ1) is 29.4. The first-order valence-electron chi connectivity index (χ1n) is 14.8. The molecule has 8 heteroatoms. The monoisotopic (exact) mass is 563 g/mol. The number of carbonyl (C=O) groups excluding carboxylic acids is 4. The molecule has 4 aliphatic carbocycles. The van der Waals surface area contributed by atoms with Crippen molar-refractivity contribution in [3.05, 3.63) is 59.7 Å². The maximum Gasteiger partial charge on any atom is 0.306 e. The van der Waals surface area contributed by atoms with Gasteiger partial charge in [0.2, 0.25) is 11.7 Å². The fourth-order valence-corrected chi connectivity index (χ4v) is 8.42. The van der Waals surface area contributed by atoms with Crippen molar-refractivity contribution in [2.75, 3.05) is 13.2 Å². The molecule has 41 heavy (non-hydrogen) atoms. The minimum absolute atomic E-state index is 0.0181. The normalized spacial score (nSPS) is 35.5. The lowest BCUT2D eigenvalue weighted by Gasteiger charge is -2.59. The Morgan fingerprint density at radius 3 is 2.61 bits per heavy atom. The molecular weight excluding hydrogens is 522 g/mol. The van der Waals surface area contributed by atoms with Crippen LogP contribution < -0.4 is 5.32 Å². The van der Waals surface area contributed by atoms with Crippen LogP contribution in [0.5, 0.6) is 0 Å². The molecule has 5 rings (SSSR count). The van der Waals surface area contributed by atoms with Gasteiger partial charge in [-0.25, -0.2) is 0 Å².